The number of nitrogens with two attached hydrogens (primary N) is 1. The summed E-state index contributed by atoms with van der Waals surface area (Å²) in [5, 5.41) is 2.83. The quantitative estimate of drug-likeness (QED) is 0.826. The second-order valence-electron chi connectivity index (χ2n) is 4.67. The first-order valence-electron chi connectivity index (χ1n) is 6.42. The molecule has 1 saturated heterocycles. The number of carbonyl (C=O) groups is 1. The van der Waals surface area contributed by atoms with E-state index in [1.807, 2.05) is 6.07 Å². The Bertz CT molecular complexity index is 438. The number of methoxy groups -OCH3 is 1. The minimum absolute atomic E-state index is 0.158. The van der Waals surface area contributed by atoms with Crippen molar-refractivity contribution in [3.63, 3.8) is 0 Å². The highest BCUT2D eigenvalue weighted by molar-refractivity contribution is 5.67. The number of rotatable bonds is 4. The van der Waals surface area contributed by atoms with Crippen LogP contribution in [0.2, 0.25) is 0 Å². The number of ether oxygens (including phenoxy) is 1. The standard InChI is InChI=1S/C13H20N4O2/c1-19-13(18)16-11-4-6-17(9-11)8-10-3-2-5-15-12(10)7-14/h2-3,5,11H,4,6-9,14H2,1H3,(H,16,18). The molecule has 0 radical (unpaired) electrons. The summed E-state index contributed by atoms with van der Waals surface area (Å²) in [6.07, 6.45) is 2.33. The van der Waals surface area contributed by atoms with Crippen LogP contribution in [0.5, 0.6) is 0 Å². The molecule has 1 unspecified atom stereocenters. The second kappa shape index (κ2) is 6.49. The van der Waals surface area contributed by atoms with Gasteiger partial charge in [0.25, 0.3) is 0 Å². The van der Waals surface area contributed by atoms with E-state index in [1.54, 1.807) is 6.20 Å². The highest BCUT2D eigenvalue weighted by Crippen LogP contribution is 2.15. The zero-order valence-electron chi connectivity index (χ0n) is 11.1. The molecule has 2 rings (SSSR count). The van der Waals surface area contributed by atoms with Gasteiger partial charge < -0.3 is 15.8 Å². The van der Waals surface area contributed by atoms with Gasteiger partial charge in [-0.1, -0.05) is 6.07 Å². The van der Waals surface area contributed by atoms with Crippen LogP contribution in [0.25, 0.3) is 0 Å². The lowest BCUT2D eigenvalue weighted by Gasteiger charge is -2.17. The van der Waals surface area contributed by atoms with Crippen molar-refractivity contribution in [1.29, 1.82) is 0 Å². The number of pyridine rings is 1. The maximum absolute atomic E-state index is 11.2. The molecule has 1 aromatic rings. The van der Waals surface area contributed by atoms with Crippen molar-refractivity contribution in [2.75, 3.05) is 20.2 Å². The molecule has 1 aromatic heterocycles. The molecule has 1 aliphatic heterocycles. The van der Waals surface area contributed by atoms with Crippen LogP contribution in [-0.2, 0) is 17.8 Å². The summed E-state index contributed by atoms with van der Waals surface area (Å²) in [6, 6.07) is 4.14. The van der Waals surface area contributed by atoms with Gasteiger partial charge in [0.15, 0.2) is 0 Å². The number of likely N-dealkylation sites (tertiary alicyclic amines) is 1. The average Bonchev–Trinajstić information content (AvgIpc) is 2.86. The molecule has 104 valence electrons. The van der Waals surface area contributed by atoms with E-state index in [-0.39, 0.29) is 12.1 Å². The van der Waals surface area contributed by atoms with E-state index in [0.717, 1.165) is 37.3 Å². The van der Waals surface area contributed by atoms with Crippen molar-refractivity contribution in [3.8, 4) is 0 Å². The van der Waals surface area contributed by atoms with Crippen molar-refractivity contribution in [3.05, 3.63) is 29.6 Å². The molecule has 3 N–H and O–H groups in total. The molecule has 0 saturated carbocycles. The molecule has 1 amide bonds. The molecule has 1 aliphatic rings. The minimum Gasteiger partial charge on any atom is -0.453 e. The maximum Gasteiger partial charge on any atom is 0.407 e. The maximum atomic E-state index is 11.2. The van der Waals surface area contributed by atoms with Gasteiger partial charge in [0.05, 0.1) is 12.8 Å². The Kier molecular flexibility index (Phi) is 4.70. The topological polar surface area (TPSA) is 80.5 Å². The van der Waals surface area contributed by atoms with Crippen molar-refractivity contribution in [2.45, 2.75) is 25.6 Å². The number of aromatic nitrogens is 1. The van der Waals surface area contributed by atoms with Crippen LogP contribution in [0, 0.1) is 0 Å². The first kappa shape index (κ1) is 13.8. The van der Waals surface area contributed by atoms with Gasteiger partial charge in [-0.3, -0.25) is 9.88 Å². The zero-order chi connectivity index (χ0) is 13.7. The van der Waals surface area contributed by atoms with E-state index in [9.17, 15) is 4.79 Å². The molecule has 0 aromatic carbocycles. The van der Waals surface area contributed by atoms with Crippen molar-refractivity contribution < 1.29 is 9.53 Å². The molecule has 0 bridgehead atoms. The smallest absolute Gasteiger partial charge is 0.407 e. The number of hydrogen-bond donors (Lipinski definition) is 2. The fraction of sp³-hybridized carbons (Fsp3) is 0.538. The lowest BCUT2D eigenvalue weighted by Crippen LogP contribution is -2.36. The average molecular weight is 264 g/mol. The number of carbonyl (C=O) groups excluding carboxylic acids is 1. The normalized spacial score (nSPS) is 19.4. The predicted octanol–water partition coefficient (Wildman–Crippen LogP) is 0.471. The third-order valence-electron chi connectivity index (χ3n) is 3.35. The highest BCUT2D eigenvalue weighted by Gasteiger charge is 2.24. The molecule has 19 heavy (non-hydrogen) atoms. The summed E-state index contributed by atoms with van der Waals surface area (Å²) in [5.41, 5.74) is 7.77. The van der Waals surface area contributed by atoms with Crippen LogP contribution in [0.4, 0.5) is 4.79 Å². The Hall–Kier alpha value is -1.66. The van der Waals surface area contributed by atoms with Gasteiger partial charge in [0, 0.05) is 38.4 Å². The fourth-order valence-corrected chi connectivity index (χ4v) is 2.36. The second-order valence-corrected chi connectivity index (χ2v) is 4.67. The van der Waals surface area contributed by atoms with E-state index in [4.69, 9.17) is 5.73 Å². The van der Waals surface area contributed by atoms with Gasteiger partial charge in [-0.05, 0) is 18.1 Å². The first-order valence-corrected chi connectivity index (χ1v) is 6.42. The molecule has 1 atom stereocenters. The van der Waals surface area contributed by atoms with Crippen molar-refractivity contribution in [2.24, 2.45) is 5.73 Å². The number of nitrogens with one attached hydrogen (secondary N) is 1. The molecule has 0 spiro atoms. The molecular formula is C13H20N4O2. The van der Waals surface area contributed by atoms with Gasteiger partial charge in [-0.25, -0.2) is 4.79 Å². The number of nitrogens with zero attached hydrogens (tertiary/aromatic N) is 2. The van der Waals surface area contributed by atoms with Crippen LogP contribution in [-0.4, -0.2) is 42.2 Å². The minimum atomic E-state index is -0.365. The summed E-state index contributed by atoms with van der Waals surface area (Å²) in [6.45, 7) is 3.05. The first-order chi connectivity index (χ1) is 9.22. The SMILES string of the molecule is COC(=O)NC1CCN(Cc2cccnc2CN)C1. The van der Waals surface area contributed by atoms with Gasteiger partial charge in [-0.2, -0.15) is 0 Å². The van der Waals surface area contributed by atoms with E-state index in [1.165, 1.54) is 7.11 Å². The van der Waals surface area contributed by atoms with Crippen molar-refractivity contribution >= 4 is 6.09 Å². The summed E-state index contributed by atoms with van der Waals surface area (Å²) < 4.78 is 4.61. The monoisotopic (exact) mass is 264 g/mol. The predicted molar refractivity (Wildman–Crippen MR) is 71.4 cm³/mol. The van der Waals surface area contributed by atoms with Gasteiger partial charge in [0.2, 0.25) is 0 Å². The Morgan fingerprint density at radius 1 is 1.68 bits per heavy atom. The summed E-state index contributed by atoms with van der Waals surface area (Å²) in [4.78, 5) is 17.7. The number of amides is 1. The van der Waals surface area contributed by atoms with Gasteiger partial charge in [0.1, 0.15) is 0 Å². The lowest BCUT2D eigenvalue weighted by molar-refractivity contribution is 0.166. The Balaban J connectivity index is 1.89. The van der Waals surface area contributed by atoms with Crippen LogP contribution in [0.15, 0.2) is 18.3 Å². The molecule has 1 fully saturated rings. The van der Waals surface area contributed by atoms with Gasteiger partial charge >= 0.3 is 6.09 Å². The van der Waals surface area contributed by atoms with Crippen LogP contribution < -0.4 is 11.1 Å². The Morgan fingerprint density at radius 2 is 2.53 bits per heavy atom. The van der Waals surface area contributed by atoms with E-state index in [0.29, 0.717) is 6.54 Å². The van der Waals surface area contributed by atoms with E-state index < -0.39 is 0 Å². The van der Waals surface area contributed by atoms with Crippen molar-refractivity contribution in [1.82, 2.24) is 15.2 Å². The van der Waals surface area contributed by atoms with Crippen LogP contribution >= 0.6 is 0 Å². The summed E-state index contributed by atoms with van der Waals surface area (Å²) in [5.74, 6) is 0. The third kappa shape index (κ3) is 3.65. The van der Waals surface area contributed by atoms with Crippen LogP contribution in [0.3, 0.4) is 0 Å². The van der Waals surface area contributed by atoms with E-state index in [2.05, 4.69) is 26.0 Å². The summed E-state index contributed by atoms with van der Waals surface area (Å²) in [7, 11) is 1.38. The zero-order valence-corrected chi connectivity index (χ0v) is 11.1. The van der Waals surface area contributed by atoms with Gasteiger partial charge in [-0.15, -0.1) is 0 Å². The fourth-order valence-electron chi connectivity index (χ4n) is 2.36. The number of hydrogen-bond acceptors (Lipinski definition) is 5. The third-order valence-corrected chi connectivity index (χ3v) is 3.35. The Morgan fingerprint density at radius 3 is 3.26 bits per heavy atom. The Labute approximate surface area is 112 Å². The molecule has 6 nitrogen and oxygen atoms in total. The lowest BCUT2D eigenvalue weighted by atomic mass is 10.2. The highest BCUT2D eigenvalue weighted by atomic mass is 16.5. The molecule has 2 heterocycles. The molecule has 0 aliphatic carbocycles. The van der Waals surface area contributed by atoms with E-state index >= 15 is 0 Å². The number of alkyl carbamates (subject to hydrolysis) is 1. The van der Waals surface area contributed by atoms with Crippen LogP contribution in [0.1, 0.15) is 17.7 Å². The molecule has 6 heteroatoms. The largest absolute Gasteiger partial charge is 0.453 e. The molecular weight excluding hydrogens is 244 g/mol. The summed E-state index contributed by atoms with van der Waals surface area (Å²) >= 11 is 0.